The number of nitrogens with zero attached hydrogens (tertiary/aromatic N) is 2. The molecule has 1 N–H and O–H groups in total. The fourth-order valence-corrected chi connectivity index (χ4v) is 5.78. The molecule has 2 aromatic rings. The molecular formula is C25H29Br2F2N3O3. The third kappa shape index (κ3) is 5.80. The molecule has 1 heterocycles. The summed E-state index contributed by atoms with van der Waals surface area (Å²) in [6.07, 6.45) is -2.86. The van der Waals surface area contributed by atoms with Crippen LogP contribution < -0.4 is 10.2 Å². The molecule has 10 heteroatoms. The van der Waals surface area contributed by atoms with Crippen molar-refractivity contribution in [3.63, 3.8) is 0 Å². The highest BCUT2D eigenvalue weighted by Crippen LogP contribution is 2.39. The Labute approximate surface area is 221 Å². The number of rotatable bonds is 4. The molecule has 0 aliphatic carbocycles. The number of alkyl halides is 1. The Morgan fingerprint density at radius 1 is 1.14 bits per heavy atom. The van der Waals surface area contributed by atoms with Gasteiger partial charge in [-0.25, -0.2) is 13.6 Å². The molecule has 1 aliphatic heterocycles. The average molecular weight is 617 g/mol. The molecule has 2 unspecified atom stereocenters. The van der Waals surface area contributed by atoms with Gasteiger partial charge in [0.05, 0.1) is 0 Å². The maximum atomic E-state index is 16.8. The summed E-state index contributed by atoms with van der Waals surface area (Å²) in [7, 11) is 1.41. The largest absolute Gasteiger partial charge is 0.444 e. The van der Waals surface area contributed by atoms with E-state index in [2.05, 4.69) is 37.2 Å². The van der Waals surface area contributed by atoms with Crippen LogP contribution in [-0.2, 0) is 16.0 Å². The second-order valence-electron chi connectivity index (χ2n) is 9.55. The molecule has 1 fully saturated rings. The van der Waals surface area contributed by atoms with Crippen LogP contribution >= 0.6 is 31.9 Å². The summed E-state index contributed by atoms with van der Waals surface area (Å²) in [6, 6.07) is 9.43. The summed E-state index contributed by atoms with van der Waals surface area (Å²) in [5.41, 5.74) is -1.21. The van der Waals surface area contributed by atoms with Crippen LogP contribution in [0.25, 0.3) is 0 Å². The number of benzene rings is 2. The van der Waals surface area contributed by atoms with E-state index in [9.17, 15) is 14.0 Å². The number of hydrogen-bond acceptors (Lipinski definition) is 4. The number of likely N-dealkylation sites (N-methyl/N-ethyl adjacent to an activating group) is 1. The van der Waals surface area contributed by atoms with E-state index in [0.29, 0.717) is 16.8 Å². The van der Waals surface area contributed by atoms with E-state index >= 15 is 4.39 Å². The van der Waals surface area contributed by atoms with Gasteiger partial charge in [0.25, 0.3) is 5.91 Å². The van der Waals surface area contributed by atoms with Gasteiger partial charge in [0, 0.05) is 41.2 Å². The fourth-order valence-electron chi connectivity index (χ4n) is 4.39. The number of anilines is 1. The molecule has 3 rings (SSSR count). The molecular weight excluding hydrogens is 588 g/mol. The van der Waals surface area contributed by atoms with Crippen LogP contribution in [0.2, 0.25) is 0 Å². The molecule has 0 bridgehead atoms. The molecule has 2 amide bonds. The van der Waals surface area contributed by atoms with Crippen molar-refractivity contribution in [1.82, 2.24) is 10.2 Å². The van der Waals surface area contributed by atoms with Gasteiger partial charge in [-0.05, 0) is 75.2 Å². The van der Waals surface area contributed by atoms with Gasteiger partial charge in [0.15, 0.2) is 5.54 Å². The quantitative estimate of drug-likeness (QED) is 0.445. The molecule has 2 aromatic carbocycles. The molecule has 0 aromatic heterocycles. The van der Waals surface area contributed by atoms with Gasteiger partial charge < -0.3 is 15.0 Å². The van der Waals surface area contributed by atoms with Gasteiger partial charge in [-0.1, -0.05) is 31.9 Å². The number of ether oxygens (including phenoxy) is 1. The van der Waals surface area contributed by atoms with Crippen LogP contribution in [-0.4, -0.2) is 54.5 Å². The van der Waals surface area contributed by atoms with E-state index in [1.165, 1.54) is 35.0 Å². The second kappa shape index (κ2) is 10.4. The first-order valence-corrected chi connectivity index (χ1v) is 12.7. The lowest BCUT2D eigenvalue weighted by Crippen LogP contribution is -2.74. The minimum atomic E-state index is -1.96. The molecule has 190 valence electrons. The lowest BCUT2D eigenvalue weighted by atomic mass is 9.83. The Bertz CT molecular complexity index is 1110. The van der Waals surface area contributed by atoms with E-state index in [1.54, 1.807) is 39.8 Å². The summed E-state index contributed by atoms with van der Waals surface area (Å²) in [5.74, 6) is -1.11. The van der Waals surface area contributed by atoms with Crippen LogP contribution in [0.15, 0.2) is 45.3 Å². The van der Waals surface area contributed by atoms with Crippen molar-refractivity contribution < 1.29 is 23.1 Å². The third-order valence-electron chi connectivity index (χ3n) is 5.81. The predicted molar refractivity (Wildman–Crippen MR) is 139 cm³/mol. The summed E-state index contributed by atoms with van der Waals surface area (Å²) in [6.45, 7) is 6.93. The van der Waals surface area contributed by atoms with Gasteiger partial charge in [0.2, 0.25) is 6.30 Å². The van der Waals surface area contributed by atoms with Crippen molar-refractivity contribution in [3.8, 4) is 0 Å². The Morgan fingerprint density at radius 2 is 1.77 bits per heavy atom. The Hall–Kier alpha value is -2.20. The van der Waals surface area contributed by atoms with Crippen LogP contribution in [0.4, 0.5) is 19.3 Å². The number of carbonyl (C=O) groups is 2. The Morgan fingerprint density at radius 3 is 2.31 bits per heavy atom. The lowest BCUT2D eigenvalue weighted by Gasteiger charge is -2.52. The lowest BCUT2D eigenvalue weighted by molar-refractivity contribution is -0.140. The van der Waals surface area contributed by atoms with Crippen molar-refractivity contribution in [2.24, 2.45) is 0 Å². The van der Waals surface area contributed by atoms with Gasteiger partial charge in [0.1, 0.15) is 11.4 Å². The predicted octanol–water partition coefficient (Wildman–Crippen LogP) is 5.74. The minimum Gasteiger partial charge on any atom is -0.444 e. The number of halogens is 4. The molecule has 1 aliphatic rings. The van der Waals surface area contributed by atoms with Crippen molar-refractivity contribution in [3.05, 3.63) is 62.3 Å². The number of amides is 2. The Kier molecular flexibility index (Phi) is 8.16. The van der Waals surface area contributed by atoms with Crippen LogP contribution in [0.5, 0.6) is 0 Å². The highest BCUT2D eigenvalue weighted by molar-refractivity contribution is 9.11. The summed E-state index contributed by atoms with van der Waals surface area (Å²) in [5, 5.41) is 2.56. The van der Waals surface area contributed by atoms with Crippen LogP contribution in [0, 0.1) is 12.7 Å². The zero-order valence-corrected chi connectivity index (χ0v) is 23.5. The monoisotopic (exact) mass is 615 g/mol. The highest BCUT2D eigenvalue weighted by Gasteiger charge is 2.58. The zero-order valence-electron chi connectivity index (χ0n) is 20.3. The summed E-state index contributed by atoms with van der Waals surface area (Å²) in [4.78, 5) is 29.5. The molecule has 0 spiro atoms. The van der Waals surface area contributed by atoms with Gasteiger partial charge in [-0.3, -0.25) is 9.69 Å². The van der Waals surface area contributed by atoms with Gasteiger partial charge in [-0.15, -0.1) is 0 Å². The van der Waals surface area contributed by atoms with E-state index in [-0.39, 0.29) is 19.5 Å². The van der Waals surface area contributed by atoms with E-state index in [0.717, 1.165) is 8.95 Å². The van der Waals surface area contributed by atoms with E-state index in [1.807, 2.05) is 6.07 Å². The zero-order chi connectivity index (χ0) is 26.1. The second-order valence-corrected chi connectivity index (χ2v) is 11.4. The molecule has 1 saturated heterocycles. The standard InChI is InChI=1S/C25H29Br2F2N3O3/c1-15-10-19(28)6-7-20(15)31-8-9-32(23(34)35-24(2,3)4)25(21(31)29,22(33)30-5)14-16-11-17(26)13-18(27)12-16/h6-7,10-13,21H,8-9,14H2,1-5H3,(H,30,33). The summed E-state index contributed by atoms with van der Waals surface area (Å²) < 4.78 is 37.6. The number of carbonyl (C=O) groups excluding carboxylic acids is 2. The SMILES string of the molecule is CNC(=O)C1(Cc2cc(Br)cc(Br)c2)C(F)N(c2ccc(F)cc2C)CCN1C(=O)OC(C)(C)C. The molecule has 0 saturated carbocycles. The van der Waals surface area contributed by atoms with Gasteiger partial charge in [-0.2, -0.15) is 0 Å². The number of piperazine rings is 1. The number of aryl methyl sites for hydroxylation is 1. The molecule has 6 nitrogen and oxygen atoms in total. The first-order valence-electron chi connectivity index (χ1n) is 11.1. The minimum absolute atomic E-state index is 0.0226. The maximum absolute atomic E-state index is 16.8. The fraction of sp³-hybridized carbons (Fsp3) is 0.440. The number of nitrogens with one attached hydrogen (secondary N) is 1. The van der Waals surface area contributed by atoms with Crippen molar-refractivity contribution in [1.29, 1.82) is 0 Å². The smallest absolute Gasteiger partial charge is 0.411 e. The molecule has 2 atom stereocenters. The van der Waals surface area contributed by atoms with Crippen LogP contribution in [0.1, 0.15) is 31.9 Å². The third-order valence-corrected chi connectivity index (χ3v) is 6.73. The summed E-state index contributed by atoms with van der Waals surface area (Å²) >= 11 is 6.88. The highest BCUT2D eigenvalue weighted by atomic mass is 79.9. The Balaban J connectivity index is 2.19. The molecule has 0 radical (unpaired) electrons. The van der Waals surface area contributed by atoms with Crippen LogP contribution in [0.3, 0.4) is 0 Å². The average Bonchev–Trinajstić information content (AvgIpc) is 2.73. The maximum Gasteiger partial charge on any atom is 0.411 e. The molecule has 35 heavy (non-hydrogen) atoms. The van der Waals surface area contributed by atoms with Crippen molar-refractivity contribution in [2.45, 2.75) is 51.6 Å². The van der Waals surface area contributed by atoms with E-state index in [4.69, 9.17) is 4.74 Å². The number of hydrogen-bond donors (Lipinski definition) is 1. The normalized spacial score (nSPS) is 20.5. The van der Waals surface area contributed by atoms with Gasteiger partial charge >= 0.3 is 6.09 Å². The van der Waals surface area contributed by atoms with Crippen molar-refractivity contribution >= 4 is 49.5 Å². The topological polar surface area (TPSA) is 61.9 Å². The first-order chi connectivity index (χ1) is 16.3. The van der Waals surface area contributed by atoms with Crippen molar-refractivity contribution in [2.75, 3.05) is 25.0 Å². The van der Waals surface area contributed by atoms with E-state index < -0.39 is 35.3 Å². The first kappa shape index (κ1) is 27.4.